The third kappa shape index (κ3) is 4.34. The highest BCUT2D eigenvalue weighted by Crippen LogP contribution is 2.29. The smallest absolute Gasteiger partial charge is 0.433 e. The zero-order valence-electron chi connectivity index (χ0n) is 12.6. The predicted molar refractivity (Wildman–Crippen MR) is 80.7 cm³/mol. The van der Waals surface area contributed by atoms with Gasteiger partial charge in [-0.2, -0.15) is 13.2 Å². The number of aromatic nitrogens is 1. The van der Waals surface area contributed by atoms with Gasteiger partial charge in [0, 0.05) is 6.07 Å². The van der Waals surface area contributed by atoms with Crippen LogP contribution in [-0.4, -0.2) is 18.4 Å². The van der Waals surface area contributed by atoms with Gasteiger partial charge in [-0.1, -0.05) is 30.3 Å². The van der Waals surface area contributed by atoms with Crippen molar-refractivity contribution in [2.45, 2.75) is 12.8 Å². The molecule has 0 N–H and O–H groups in total. The van der Waals surface area contributed by atoms with Gasteiger partial charge in [-0.05, 0) is 17.2 Å². The number of methoxy groups -OCH3 is 1. The van der Waals surface area contributed by atoms with Gasteiger partial charge in [0.1, 0.15) is 12.3 Å². The van der Waals surface area contributed by atoms with Crippen LogP contribution >= 0.6 is 0 Å². The van der Waals surface area contributed by atoms with Crippen LogP contribution in [0.3, 0.4) is 0 Å². The topological polar surface area (TPSA) is 48.4 Å². The maximum absolute atomic E-state index is 12.6. The van der Waals surface area contributed by atoms with Crippen LogP contribution in [0.2, 0.25) is 0 Å². The summed E-state index contributed by atoms with van der Waals surface area (Å²) in [6.07, 6.45) is -1.56. The summed E-state index contributed by atoms with van der Waals surface area (Å²) in [5.41, 5.74) is 0.243. The number of hydrogen-bond donors (Lipinski definition) is 0. The first kappa shape index (κ1) is 17.5. The molecular weight excluding hydrogens is 323 g/mol. The molecule has 0 atom stereocenters. The van der Waals surface area contributed by atoms with E-state index in [0.29, 0.717) is 11.1 Å². The van der Waals surface area contributed by atoms with Crippen LogP contribution in [0.25, 0.3) is 5.57 Å². The van der Waals surface area contributed by atoms with Crippen molar-refractivity contribution < 1.29 is 27.4 Å². The van der Waals surface area contributed by atoms with Crippen molar-refractivity contribution in [3.63, 3.8) is 0 Å². The molecule has 2 aromatic rings. The van der Waals surface area contributed by atoms with Gasteiger partial charge in [0.25, 0.3) is 0 Å². The summed E-state index contributed by atoms with van der Waals surface area (Å²) in [6, 6.07) is 10.2. The fourth-order valence-corrected chi connectivity index (χ4v) is 1.97. The summed E-state index contributed by atoms with van der Waals surface area (Å²) in [6.45, 7) is -0.0623. The average molecular weight is 336 g/mol. The van der Waals surface area contributed by atoms with Crippen molar-refractivity contribution in [3.8, 4) is 5.88 Å². The van der Waals surface area contributed by atoms with Gasteiger partial charge in [-0.15, -0.1) is 0 Å². The minimum atomic E-state index is -4.54. The SMILES string of the molecule is COC=C([C]=O)c1ccccc1COc1cccc(C(F)(F)F)n1. The Morgan fingerprint density at radius 1 is 1.21 bits per heavy atom. The molecule has 1 heterocycles. The molecule has 0 saturated carbocycles. The molecule has 0 unspecified atom stereocenters. The normalized spacial score (nSPS) is 11.9. The molecule has 7 heteroatoms. The first-order valence-corrected chi connectivity index (χ1v) is 6.82. The Morgan fingerprint density at radius 2 is 1.96 bits per heavy atom. The lowest BCUT2D eigenvalue weighted by Crippen LogP contribution is -2.09. The van der Waals surface area contributed by atoms with E-state index in [2.05, 4.69) is 4.98 Å². The molecule has 1 aromatic carbocycles. The molecule has 0 fully saturated rings. The van der Waals surface area contributed by atoms with E-state index in [-0.39, 0.29) is 18.1 Å². The van der Waals surface area contributed by atoms with Crippen molar-refractivity contribution in [1.82, 2.24) is 4.98 Å². The molecule has 0 saturated heterocycles. The van der Waals surface area contributed by atoms with E-state index in [1.54, 1.807) is 30.6 Å². The van der Waals surface area contributed by atoms with Crippen LogP contribution in [0, 0.1) is 0 Å². The van der Waals surface area contributed by atoms with Gasteiger partial charge in [0.05, 0.1) is 18.9 Å². The second kappa shape index (κ2) is 7.63. The number of pyridine rings is 1. The number of hydrogen-bond acceptors (Lipinski definition) is 4. The molecule has 1 radical (unpaired) electrons. The van der Waals surface area contributed by atoms with Crippen molar-refractivity contribution >= 4 is 11.9 Å². The summed E-state index contributed by atoms with van der Waals surface area (Å²) in [5.74, 6) is -0.160. The Balaban J connectivity index is 2.22. The van der Waals surface area contributed by atoms with E-state index in [1.165, 1.54) is 25.5 Å². The molecule has 1 aromatic heterocycles. The third-order valence-corrected chi connectivity index (χ3v) is 3.04. The molecule has 0 amide bonds. The van der Waals surface area contributed by atoms with Gasteiger partial charge in [0.2, 0.25) is 12.2 Å². The second-order valence-corrected chi connectivity index (χ2v) is 4.67. The maximum Gasteiger partial charge on any atom is 0.433 e. The predicted octanol–water partition coefficient (Wildman–Crippen LogP) is 3.78. The summed E-state index contributed by atoms with van der Waals surface area (Å²) < 4.78 is 48.1. The van der Waals surface area contributed by atoms with E-state index in [0.717, 1.165) is 6.07 Å². The van der Waals surface area contributed by atoms with E-state index < -0.39 is 11.9 Å². The fourth-order valence-electron chi connectivity index (χ4n) is 1.97. The molecule has 24 heavy (non-hydrogen) atoms. The average Bonchev–Trinajstić information content (AvgIpc) is 2.58. The van der Waals surface area contributed by atoms with Gasteiger partial charge in [-0.3, -0.25) is 4.79 Å². The first-order chi connectivity index (χ1) is 11.5. The van der Waals surface area contributed by atoms with Crippen LogP contribution in [-0.2, 0) is 22.3 Å². The largest absolute Gasteiger partial charge is 0.504 e. The lowest BCUT2D eigenvalue weighted by Gasteiger charge is -2.11. The number of nitrogens with zero attached hydrogens (tertiary/aromatic N) is 1. The van der Waals surface area contributed by atoms with Gasteiger partial charge in [-0.25, -0.2) is 4.98 Å². The van der Waals surface area contributed by atoms with Gasteiger partial charge >= 0.3 is 6.18 Å². The Hall–Kier alpha value is -2.83. The summed E-state index contributed by atoms with van der Waals surface area (Å²) >= 11 is 0. The first-order valence-electron chi connectivity index (χ1n) is 6.82. The standard InChI is InChI=1S/C17H13F3NO3/c1-23-10-13(9-22)14-6-3-2-5-12(14)11-24-16-8-4-7-15(21-16)17(18,19)20/h2-8,10H,11H2,1H3. The van der Waals surface area contributed by atoms with E-state index in [4.69, 9.17) is 9.47 Å². The summed E-state index contributed by atoms with van der Waals surface area (Å²) in [5, 5.41) is 0. The zero-order valence-corrected chi connectivity index (χ0v) is 12.6. The molecule has 2 rings (SSSR count). The molecule has 0 bridgehead atoms. The molecule has 0 aliphatic heterocycles. The molecule has 0 aliphatic rings. The highest BCUT2D eigenvalue weighted by molar-refractivity contribution is 6.07. The van der Waals surface area contributed by atoms with E-state index in [1.807, 2.05) is 0 Å². The number of rotatable bonds is 6. The quantitative estimate of drug-likeness (QED) is 0.595. The zero-order chi connectivity index (χ0) is 17.6. The number of allylic oxidation sites excluding steroid dienone is 1. The fraction of sp³-hybridized carbons (Fsp3) is 0.176. The second-order valence-electron chi connectivity index (χ2n) is 4.67. The number of alkyl halides is 3. The van der Waals surface area contributed by atoms with Crippen molar-refractivity contribution in [3.05, 3.63) is 65.5 Å². The van der Waals surface area contributed by atoms with Crippen LogP contribution in [0.1, 0.15) is 16.8 Å². The summed E-state index contributed by atoms with van der Waals surface area (Å²) in [7, 11) is 1.39. The Morgan fingerprint density at radius 3 is 2.62 bits per heavy atom. The number of halogens is 3. The van der Waals surface area contributed by atoms with E-state index in [9.17, 15) is 18.0 Å². The molecule has 4 nitrogen and oxygen atoms in total. The monoisotopic (exact) mass is 336 g/mol. The lowest BCUT2D eigenvalue weighted by atomic mass is 10.0. The minimum absolute atomic E-state index is 0.0623. The van der Waals surface area contributed by atoms with Crippen LogP contribution in [0.4, 0.5) is 13.2 Å². The number of ether oxygens (including phenoxy) is 2. The van der Waals surface area contributed by atoms with Crippen molar-refractivity contribution in [1.29, 1.82) is 0 Å². The Kier molecular flexibility index (Phi) is 5.57. The van der Waals surface area contributed by atoms with Gasteiger partial charge in [0.15, 0.2) is 0 Å². The molecule has 125 valence electrons. The third-order valence-electron chi connectivity index (χ3n) is 3.04. The lowest BCUT2D eigenvalue weighted by molar-refractivity contribution is -0.141. The van der Waals surface area contributed by atoms with Crippen LogP contribution in [0.5, 0.6) is 5.88 Å². The number of benzene rings is 1. The van der Waals surface area contributed by atoms with Crippen LogP contribution in [0.15, 0.2) is 48.7 Å². The Labute approximate surface area is 136 Å². The maximum atomic E-state index is 12.6. The van der Waals surface area contributed by atoms with E-state index >= 15 is 0 Å². The van der Waals surface area contributed by atoms with Crippen molar-refractivity contribution in [2.75, 3.05) is 7.11 Å². The molecule has 0 spiro atoms. The van der Waals surface area contributed by atoms with Crippen LogP contribution < -0.4 is 4.74 Å². The summed E-state index contributed by atoms with van der Waals surface area (Å²) in [4.78, 5) is 14.5. The highest BCUT2D eigenvalue weighted by atomic mass is 19.4. The van der Waals surface area contributed by atoms with Gasteiger partial charge < -0.3 is 9.47 Å². The molecular formula is C17H13F3NO3. The van der Waals surface area contributed by atoms with Crippen molar-refractivity contribution in [2.24, 2.45) is 0 Å². The minimum Gasteiger partial charge on any atom is -0.504 e. The molecule has 0 aliphatic carbocycles. The number of carbonyl (C=O) groups excluding carboxylic acids is 1. The highest BCUT2D eigenvalue weighted by Gasteiger charge is 2.32. The Bertz CT molecular complexity index is 742.